The summed E-state index contributed by atoms with van der Waals surface area (Å²) in [5.41, 5.74) is 8.49. The quantitative estimate of drug-likeness (QED) is 0.768. The molecule has 0 saturated heterocycles. The van der Waals surface area contributed by atoms with E-state index in [-0.39, 0.29) is 0 Å². The minimum Gasteiger partial charge on any atom is -0.422 e. The van der Waals surface area contributed by atoms with Crippen LogP contribution in [0.5, 0.6) is 0 Å². The zero-order valence-electron chi connectivity index (χ0n) is 9.43. The summed E-state index contributed by atoms with van der Waals surface area (Å²) in [5, 5.41) is 0.714. The summed E-state index contributed by atoms with van der Waals surface area (Å²) in [6.45, 7) is 0. The summed E-state index contributed by atoms with van der Waals surface area (Å²) in [5.74, 6) is 0.616. The molecule has 0 atom stereocenters. The van der Waals surface area contributed by atoms with Crippen molar-refractivity contribution in [1.82, 2.24) is 9.97 Å². The SMILES string of the molecule is Nc1cnc2oc(Cc3ccc(Cl)cc3)nc2c1. The first-order valence-corrected chi connectivity index (χ1v) is 5.84. The van der Waals surface area contributed by atoms with Crippen molar-refractivity contribution in [2.45, 2.75) is 6.42 Å². The molecule has 0 aliphatic carbocycles. The van der Waals surface area contributed by atoms with Crippen molar-refractivity contribution in [3.8, 4) is 0 Å². The molecular formula is C13H10ClN3O. The number of nitrogen functional groups attached to an aromatic ring is 1. The lowest BCUT2D eigenvalue weighted by Gasteiger charge is -1.96. The van der Waals surface area contributed by atoms with Gasteiger partial charge in [-0.1, -0.05) is 23.7 Å². The van der Waals surface area contributed by atoms with Crippen LogP contribution in [0.15, 0.2) is 40.9 Å². The van der Waals surface area contributed by atoms with Gasteiger partial charge >= 0.3 is 0 Å². The van der Waals surface area contributed by atoms with E-state index in [1.807, 2.05) is 24.3 Å². The maximum absolute atomic E-state index is 5.83. The molecule has 1 aromatic carbocycles. The Labute approximate surface area is 108 Å². The largest absolute Gasteiger partial charge is 0.422 e. The van der Waals surface area contributed by atoms with E-state index < -0.39 is 0 Å². The summed E-state index contributed by atoms with van der Waals surface area (Å²) in [4.78, 5) is 8.43. The van der Waals surface area contributed by atoms with Crippen LogP contribution in [-0.4, -0.2) is 9.97 Å². The van der Waals surface area contributed by atoms with Crippen molar-refractivity contribution in [2.24, 2.45) is 0 Å². The lowest BCUT2D eigenvalue weighted by Crippen LogP contribution is -1.87. The molecule has 18 heavy (non-hydrogen) atoms. The molecule has 2 N–H and O–H groups in total. The number of pyridine rings is 1. The molecule has 0 radical (unpaired) electrons. The molecule has 90 valence electrons. The first-order chi connectivity index (χ1) is 8.70. The number of fused-ring (bicyclic) bond motifs is 1. The van der Waals surface area contributed by atoms with E-state index in [9.17, 15) is 0 Å². The van der Waals surface area contributed by atoms with Gasteiger partial charge in [-0.3, -0.25) is 0 Å². The molecule has 3 rings (SSSR count). The van der Waals surface area contributed by atoms with Crippen LogP contribution in [0, 0.1) is 0 Å². The first-order valence-electron chi connectivity index (χ1n) is 5.46. The van der Waals surface area contributed by atoms with Crippen molar-refractivity contribution in [1.29, 1.82) is 0 Å². The standard InChI is InChI=1S/C13H10ClN3O/c14-9-3-1-8(2-4-9)5-12-17-11-6-10(15)7-16-13(11)18-12/h1-4,6-7H,5,15H2. The normalized spacial score (nSPS) is 10.9. The Morgan fingerprint density at radius 1 is 1.22 bits per heavy atom. The third kappa shape index (κ3) is 2.15. The highest BCUT2D eigenvalue weighted by molar-refractivity contribution is 6.30. The number of hydrogen-bond donors (Lipinski definition) is 1. The molecule has 0 bridgehead atoms. The molecule has 4 nitrogen and oxygen atoms in total. The first kappa shape index (κ1) is 11.0. The van der Waals surface area contributed by atoms with Gasteiger partial charge in [0.05, 0.1) is 11.9 Å². The molecular weight excluding hydrogens is 250 g/mol. The second-order valence-electron chi connectivity index (χ2n) is 4.00. The highest BCUT2D eigenvalue weighted by Crippen LogP contribution is 2.18. The molecule has 2 heterocycles. The molecule has 0 aliphatic rings. The van der Waals surface area contributed by atoms with Gasteiger partial charge in [-0.2, -0.15) is 0 Å². The molecule has 0 amide bonds. The van der Waals surface area contributed by atoms with E-state index in [1.54, 1.807) is 12.3 Å². The van der Waals surface area contributed by atoms with Crippen LogP contribution >= 0.6 is 11.6 Å². The molecule has 0 fully saturated rings. The van der Waals surface area contributed by atoms with Crippen LogP contribution in [-0.2, 0) is 6.42 Å². The van der Waals surface area contributed by atoms with Crippen LogP contribution < -0.4 is 5.73 Å². The van der Waals surface area contributed by atoms with E-state index in [4.69, 9.17) is 21.8 Å². The maximum atomic E-state index is 5.83. The summed E-state index contributed by atoms with van der Waals surface area (Å²) in [6.07, 6.45) is 2.16. The van der Waals surface area contributed by atoms with Gasteiger partial charge in [-0.15, -0.1) is 0 Å². The molecule has 0 saturated carbocycles. The number of nitrogens with zero attached hydrogens (tertiary/aromatic N) is 2. The maximum Gasteiger partial charge on any atom is 0.247 e. The van der Waals surface area contributed by atoms with E-state index in [0.717, 1.165) is 5.56 Å². The van der Waals surface area contributed by atoms with Crippen molar-refractivity contribution >= 4 is 28.5 Å². The third-order valence-corrected chi connectivity index (χ3v) is 2.83. The minimum atomic E-state index is 0.508. The lowest BCUT2D eigenvalue weighted by molar-refractivity contribution is 0.535. The molecule has 0 spiro atoms. The van der Waals surface area contributed by atoms with E-state index >= 15 is 0 Å². The van der Waals surface area contributed by atoms with Crippen LogP contribution in [0.1, 0.15) is 11.5 Å². The Kier molecular flexibility index (Phi) is 2.64. The van der Waals surface area contributed by atoms with Gasteiger partial charge in [0.2, 0.25) is 11.6 Å². The Morgan fingerprint density at radius 3 is 2.78 bits per heavy atom. The van der Waals surface area contributed by atoms with Crippen LogP contribution in [0.3, 0.4) is 0 Å². The van der Waals surface area contributed by atoms with Crippen molar-refractivity contribution < 1.29 is 4.42 Å². The monoisotopic (exact) mass is 259 g/mol. The molecule has 0 unspecified atom stereocenters. The Morgan fingerprint density at radius 2 is 2.00 bits per heavy atom. The fourth-order valence-corrected chi connectivity index (χ4v) is 1.86. The van der Waals surface area contributed by atoms with Gasteiger partial charge in [0.1, 0.15) is 5.52 Å². The van der Waals surface area contributed by atoms with E-state index in [2.05, 4.69) is 9.97 Å². The van der Waals surface area contributed by atoms with Gasteiger partial charge in [0, 0.05) is 11.4 Å². The number of anilines is 1. The zero-order valence-corrected chi connectivity index (χ0v) is 10.2. The number of hydrogen-bond acceptors (Lipinski definition) is 4. The summed E-state index contributed by atoms with van der Waals surface area (Å²) < 4.78 is 5.55. The predicted octanol–water partition coefficient (Wildman–Crippen LogP) is 3.05. The number of aromatic nitrogens is 2. The van der Waals surface area contributed by atoms with Gasteiger partial charge in [-0.05, 0) is 23.8 Å². The van der Waals surface area contributed by atoms with E-state index in [1.165, 1.54) is 0 Å². The summed E-state index contributed by atoms with van der Waals surface area (Å²) in [7, 11) is 0. The zero-order chi connectivity index (χ0) is 12.5. The van der Waals surface area contributed by atoms with Gasteiger partial charge in [0.15, 0.2) is 0 Å². The molecule has 2 aromatic heterocycles. The smallest absolute Gasteiger partial charge is 0.247 e. The highest BCUT2D eigenvalue weighted by Gasteiger charge is 2.07. The van der Waals surface area contributed by atoms with Crippen LogP contribution in [0.2, 0.25) is 5.02 Å². The fourth-order valence-electron chi connectivity index (χ4n) is 1.74. The topological polar surface area (TPSA) is 64.9 Å². The number of oxazole rings is 1. The van der Waals surface area contributed by atoms with Gasteiger partial charge in [-0.25, -0.2) is 9.97 Å². The summed E-state index contributed by atoms with van der Waals surface area (Å²) >= 11 is 5.83. The summed E-state index contributed by atoms with van der Waals surface area (Å²) in [6, 6.07) is 9.32. The second-order valence-corrected chi connectivity index (χ2v) is 4.44. The second kappa shape index (κ2) is 4.31. The van der Waals surface area contributed by atoms with Gasteiger partial charge in [0.25, 0.3) is 0 Å². The lowest BCUT2D eigenvalue weighted by atomic mass is 10.1. The Bertz CT molecular complexity index is 691. The third-order valence-electron chi connectivity index (χ3n) is 2.58. The minimum absolute atomic E-state index is 0.508. The average Bonchev–Trinajstić information content (AvgIpc) is 2.73. The molecule has 3 aromatic rings. The highest BCUT2D eigenvalue weighted by atomic mass is 35.5. The number of rotatable bonds is 2. The number of nitrogens with two attached hydrogens (primary N) is 1. The van der Waals surface area contributed by atoms with Crippen molar-refractivity contribution in [3.63, 3.8) is 0 Å². The Balaban J connectivity index is 1.92. The van der Waals surface area contributed by atoms with Crippen molar-refractivity contribution in [3.05, 3.63) is 53.0 Å². The number of benzene rings is 1. The predicted molar refractivity (Wildman–Crippen MR) is 70.5 cm³/mol. The van der Waals surface area contributed by atoms with Crippen LogP contribution in [0.25, 0.3) is 11.2 Å². The average molecular weight is 260 g/mol. The number of halogens is 1. The Hall–Kier alpha value is -2.07. The van der Waals surface area contributed by atoms with Crippen molar-refractivity contribution in [2.75, 3.05) is 5.73 Å². The molecule has 5 heteroatoms. The van der Waals surface area contributed by atoms with E-state index in [0.29, 0.717) is 34.3 Å². The fraction of sp³-hybridized carbons (Fsp3) is 0.0769. The van der Waals surface area contributed by atoms with Crippen LogP contribution in [0.4, 0.5) is 5.69 Å². The molecule has 0 aliphatic heterocycles. The van der Waals surface area contributed by atoms with Gasteiger partial charge < -0.3 is 10.2 Å².